The number of non-ortho nitro benzene ring substituents is 1. The van der Waals surface area contributed by atoms with Crippen molar-refractivity contribution in [2.75, 3.05) is 33.2 Å². The highest BCUT2D eigenvalue weighted by molar-refractivity contribution is 6.01. The Morgan fingerprint density at radius 2 is 1.82 bits per heavy atom. The van der Waals surface area contributed by atoms with E-state index in [0.717, 1.165) is 13.1 Å². The average molecular weight is 403 g/mol. The lowest BCUT2D eigenvalue weighted by Crippen LogP contribution is -2.47. The highest BCUT2D eigenvalue weighted by Gasteiger charge is 2.22. The van der Waals surface area contributed by atoms with Crippen molar-refractivity contribution in [3.63, 3.8) is 0 Å². The first-order chi connectivity index (χ1) is 13.0. The molecule has 0 spiro atoms. The summed E-state index contributed by atoms with van der Waals surface area (Å²) in [4.78, 5) is 26.6. The first-order valence-electron chi connectivity index (χ1n) is 8.42. The summed E-state index contributed by atoms with van der Waals surface area (Å²) in [6, 6.07) is 11.3. The summed E-state index contributed by atoms with van der Waals surface area (Å²) in [5.74, 6) is 0.571. The van der Waals surface area contributed by atoms with Crippen LogP contribution in [0.25, 0.3) is 17.4 Å². The average Bonchev–Trinajstić information content (AvgIpc) is 3.15. The topological polar surface area (TPSA) is 104 Å². The minimum Gasteiger partial charge on any atom is -0.457 e. The van der Waals surface area contributed by atoms with Crippen LogP contribution in [0.15, 0.2) is 46.4 Å². The van der Waals surface area contributed by atoms with Gasteiger partial charge < -0.3 is 14.2 Å². The van der Waals surface area contributed by atoms with Crippen molar-refractivity contribution in [2.24, 2.45) is 0 Å². The molecule has 3 rings (SSSR count). The number of amides is 1. The van der Waals surface area contributed by atoms with E-state index in [1.54, 1.807) is 29.2 Å². The van der Waals surface area contributed by atoms with Gasteiger partial charge in [-0.15, -0.1) is 12.4 Å². The van der Waals surface area contributed by atoms with E-state index < -0.39 is 4.92 Å². The fourth-order valence-corrected chi connectivity index (χ4v) is 2.80. The van der Waals surface area contributed by atoms with E-state index in [1.165, 1.54) is 18.2 Å². The van der Waals surface area contributed by atoms with Crippen LogP contribution in [-0.4, -0.2) is 53.9 Å². The number of halogens is 1. The Hall–Kier alpha value is -3.15. The van der Waals surface area contributed by atoms with Gasteiger partial charge in [0.25, 0.3) is 11.6 Å². The van der Waals surface area contributed by atoms with Crippen molar-refractivity contribution < 1.29 is 14.1 Å². The van der Waals surface area contributed by atoms with E-state index in [2.05, 4.69) is 4.90 Å². The molecule has 0 aliphatic carbocycles. The number of likely N-dealkylation sites (N-methyl/N-ethyl adjacent to an activating group) is 1. The maximum Gasteiger partial charge on any atom is 0.269 e. The summed E-state index contributed by atoms with van der Waals surface area (Å²) in [6.45, 7) is 2.71. The Bertz CT molecular complexity index is 922. The summed E-state index contributed by atoms with van der Waals surface area (Å²) >= 11 is 0. The Morgan fingerprint density at radius 1 is 1.18 bits per heavy atom. The molecule has 0 atom stereocenters. The van der Waals surface area contributed by atoms with Crippen LogP contribution in [-0.2, 0) is 4.79 Å². The second-order valence-electron chi connectivity index (χ2n) is 6.27. The molecule has 0 bridgehead atoms. The number of nitro benzene ring substituents is 1. The molecule has 2 heterocycles. The number of hydrogen-bond donors (Lipinski definition) is 0. The predicted octanol–water partition coefficient (Wildman–Crippen LogP) is 2.96. The molecule has 0 unspecified atom stereocenters. The second-order valence-corrected chi connectivity index (χ2v) is 6.27. The van der Waals surface area contributed by atoms with E-state index in [-0.39, 0.29) is 29.6 Å². The molecule has 9 heteroatoms. The second kappa shape index (κ2) is 9.17. The molecule has 8 nitrogen and oxygen atoms in total. The molecule has 1 aliphatic rings. The monoisotopic (exact) mass is 402 g/mol. The van der Waals surface area contributed by atoms with Gasteiger partial charge >= 0.3 is 0 Å². The summed E-state index contributed by atoms with van der Waals surface area (Å²) in [5, 5.41) is 20.1. The van der Waals surface area contributed by atoms with Crippen molar-refractivity contribution in [1.29, 1.82) is 5.26 Å². The van der Waals surface area contributed by atoms with Crippen LogP contribution in [0.4, 0.5) is 5.69 Å². The zero-order valence-corrected chi connectivity index (χ0v) is 16.0. The van der Waals surface area contributed by atoms with Crippen molar-refractivity contribution in [3.05, 3.63) is 57.8 Å². The Balaban J connectivity index is 0.00000280. The summed E-state index contributed by atoms with van der Waals surface area (Å²) < 4.78 is 5.68. The van der Waals surface area contributed by atoms with Gasteiger partial charge in [0.2, 0.25) is 0 Å². The van der Waals surface area contributed by atoms with Gasteiger partial charge in [0.15, 0.2) is 0 Å². The van der Waals surface area contributed by atoms with Crippen LogP contribution in [0.5, 0.6) is 0 Å². The minimum atomic E-state index is -0.469. The van der Waals surface area contributed by atoms with Crippen LogP contribution in [0.1, 0.15) is 5.76 Å². The molecule has 0 saturated carbocycles. The van der Waals surface area contributed by atoms with E-state index >= 15 is 0 Å². The maximum atomic E-state index is 12.5. The Morgan fingerprint density at radius 3 is 2.39 bits per heavy atom. The van der Waals surface area contributed by atoms with Crippen LogP contribution in [0.2, 0.25) is 0 Å². The third-order valence-corrected chi connectivity index (χ3v) is 4.42. The third kappa shape index (κ3) is 4.76. The first-order valence-corrected chi connectivity index (χ1v) is 8.42. The summed E-state index contributed by atoms with van der Waals surface area (Å²) in [6.07, 6.45) is 1.43. The van der Waals surface area contributed by atoms with Crippen molar-refractivity contribution in [3.8, 4) is 17.4 Å². The molecule has 28 heavy (non-hydrogen) atoms. The number of nitriles is 1. The lowest BCUT2D eigenvalue weighted by Gasteiger charge is -2.32. The number of carbonyl (C=O) groups excluding carboxylic acids is 1. The molecule has 2 aromatic rings. The molecule has 0 radical (unpaired) electrons. The maximum absolute atomic E-state index is 12.5. The molecule has 1 aliphatic heterocycles. The van der Waals surface area contributed by atoms with Gasteiger partial charge in [-0.1, -0.05) is 0 Å². The van der Waals surface area contributed by atoms with Gasteiger partial charge in [-0.3, -0.25) is 14.9 Å². The predicted molar refractivity (Wildman–Crippen MR) is 106 cm³/mol. The molecule has 1 saturated heterocycles. The van der Waals surface area contributed by atoms with E-state index in [9.17, 15) is 20.2 Å². The molecule has 146 valence electrons. The zero-order valence-electron chi connectivity index (χ0n) is 15.2. The van der Waals surface area contributed by atoms with Gasteiger partial charge in [0.1, 0.15) is 23.2 Å². The number of carbonyl (C=O) groups is 1. The quantitative estimate of drug-likeness (QED) is 0.337. The zero-order chi connectivity index (χ0) is 19.4. The summed E-state index contributed by atoms with van der Waals surface area (Å²) in [7, 11) is 1.99. The Kier molecular flexibility index (Phi) is 6.93. The van der Waals surface area contributed by atoms with Crippen molar-refractivity contribution in [1.82, 2.24) is 9.80 Å². The lowest BCUT2D eigenvalue weighted by atomic mass is 10.1. The number of rotatable bonds is 4. The molecule has 0 N–H and O–H groups in total. The molecule has 1 fully saturated rings. The fourth-order valence-electron chi connectivity index (χ4n) is 2.80. The Labute approximate surface area is 168 Å². The number of furan rings is 1. The molecular formula is C19H19ClN4O4. The lowest BCUT2D eigenvalue weighted by molar-refractivity contribution is -0.384. The molecule has 1 aromatic heterocycles. The summed E-state index contributed by atoms with van der Waals surface area (Å²) in [5.41, 5.74) is 0.684. The molecule has 1 aromatic carbocycles. The van der Waals surface area contributed by atoms with Crippen molar-refractivity contribution in [2.45, 2.75) is 0 Å². The largest absolute Gasteiger partial charge is 0.457 e. The van der Waals surface area contributed by atoms with Crippen molar-refractivity contribution >= 4 is 30.1 Å². The molecular weight excluding hydrogens is 384 g/mol. The number of nitro groups is 1. The van der Waals surface area contributed by atoms with Gasteiger partial charge in [-0.25, -0.2) is 0 Å². The van der Waals surface area contributed by atoms with Gasteiger partial charge in [-0.2, -0.15) is 5.26 Å². The number of nitrogens with zero attached hydrogens (tertiary/aromatic N) is 4. The van der Waals surface area contributed by atoms with E-state index in [4.69, 9.17) is 4.42 Å². The number of piperazine rings is 1. The van der Waals surface area contributed by atoms with Crippen LogP contribution < -0.4 is 0 Å². The van der Waals surface area contributed by atoms with Crippen LogP contribution in [0.3, 0.4) is 0 Å². The smallest absolute Gasteiger partial charge is 0.269 e. The highest BCUT2D eigenvalue weighted by atomic mass is 35.5. The van der Waals surface area contributed by atoms with Gasteiger partial charge in [0, 0.05) is 50.0 Å². The normalized spacial score (nSPS) is 14.9. The molecule has 1 amide bonds. The third-order valence-electron chi connectivity index (χ3n) is 4.42. The first kappa shape index (κ1) is 21.2. The fraction of sp³-hybridized carbons (Fsp3) is 0.263. The minimum absolute atomic E-state index is 0. The van der Waals surface area contributed by atoms with Crippen LogP contribution >= 0.6 is 12.4 Å². The highest BCUT2D eigenvalue weighted by Crippen LogP contribution is 2.25. The number of benzene rings is 1. The standard InChI is InChI=1S/C19H18N4O4.ClH/c1-21-8-10-22(11-9-21)19(24)15(13-20)12-17-6-7-18(27-17)14-2-4-16(5-3-14)23(25)26;/h2-7,12H,8-11H2,1H3;1H/b15-12-;. The SMILES string of the molecule is CN1CCN(C(=O)/C(C#N)=C\c2ccc(-c3ccc([N+](=O)[O-])cc3)o2)CC1.Cl. The van der Waals surface area contributed by atoms with E-state index in [0.29, 0.717) is 30.2 Å². The number of hydrogen-bond acceptors (Lipinski definition) is 6. The van der Waals surface area contributed by atoms with Gasteiger partial charge in [-0.05, 0) is 31.3 Å². The van der Waals surface area contributed by atoms with E-state index in [1.807, 2.05) is 13.1 Å². The van der Waals surface area contributed by atoms with Gasteiger partial charge in [0.05, 0.1) is 4.92 Å². The van der Waals surface area contributed by atoms with Crippen LogP contribution in [0, 0.1) is 21.4 Å².